The lowest BCUT2D eigenvalue weighted by Gasteiger charge is -1.98. The number of benzene rings is 3. The highest BCUT2D eigenvalue weighted by Crippen LogP contribution is 2.43. The minimum atomic E-state index is 0.976. The molecule has 0 aliphatic rings. The zero-order valence-electron chi connectivity index (χ0n) is 10.6. The molecule has 0 aliphatic heterocycles. The molecule has 0 fully saturated rings. The van der Waals surface area contributed by atoms with Gasteiger partial charge < -0.3 is 4.42 Å². The molecule has 94 valence electrons. The van der Waals surface area contributed by atoms with E-state index in [1.54, 1.807) is 0 Å². The predicted molar refractivity (Wildman–Crippen MR) is 86.6 cm³/mol. The van der Waals surface area contributed by atoms with Gasteiger partial charge in [0.2, 0.25) is 0 Å². The van der Waals surface area contributed by atoms with E-state index in [0.29, 0.717) is 0 Å². The Morgan fingerprint density at radius 1 is 0.750 bits per heavy atom. The van der Waals surface area contributed by atoms with E-state index in [9.17, 15) is 0 Å². The van der Waals surface area contributed by atoms with Crippen LogP contribution >= 0.6 is 11.3 Å². The van der Waals surface area contributed by atoms with Crippen LogP contribution < -0.4 is 0 Å². The van der Waals surface area contributed by atoms with Gasteiger partial charge in [-0.1, -0.05) is 42.5 Å². The third kappa shape index (κ3) is 1.22. The summed E-state index contributed by atoms with van der Waals surface area (Å²) in [5.74, 6) is 0. The first kappa shape index (κ1) is 10.5. The Kier molecular flexibility index (Phi) is 1.89. The van der Waals surface area contributed by atoms with Gasteiger partial charge in [-0.2, -0.15) is 0 Å². The highest BCUT2D eigenvalue weighted by Gasteiger charge is 2.15. The van der Waals surface area contributed by atoms with Gasteiger partial charge in [0.15, 0.2) is 5.58 Å². The first-order valence-electron chi connectivity index (χ1n) is 6.63. The fourth-order valence-corrected chi connectivity index (χ4v) is 4.14. The van der Waals surface area contributed by atoms with E-state index in [-0.39, 0.29) is 0 Å². The van der Waals surface area contributed by atoms with Gasteiger partial charge in [-0.25, -0.2) is 0 Å². The second kappa shape index (κ2) is 3.62. The molecule has 2 heterocycles. The average Bonchev–Trinajstić information content (AvgIpc) is 3.03. The van der Waals surface area contributed by atoms with Crippen molar-refractivity contribution >= 4 is 53.4 Å². The average molecular weight is 274 g/mol. The fourth-order valence-electron chi connectivity index (χ4n) is 2.97. The van der Waals surface area contributed by atoms with Crippen molar-refractivity contribution in [2.45, 2.75) is 0 Å². The normalized spacial score (nSPS) is 12.0. The number of fused-ring (bicyclic) bond motifs is 7. The largest absolute Gasteiger partial charge is 0.454 e. The Labute approximate surface area is 119 Å². The molecule has 2 heteroatoms. The molecular weight excluding hydrogens is 264 g/mol. The van der Waals surface area contributed by atoms with Crippen LogP contribution in [-0.2, 0) is 0 Å². The van der Waals surface area contributed by atoms with Crippen LogP contribution in [0, 0.1) is 0 Å². The van der Waals surface area contributed by atoms with E-state index >= 15 is 0 Å². The Balaban J connectivity index is 2.13. The zero-order chi connectivity index (χ0) is 13.1. The van der Waals surface area contributed by atoms with E-state index in [1.807, 2.05) is 23.5 Å². The van der Waals surface area contributed by atoms with E-state index in [2.05, 4.69) is 48.5 Å². The van der Waals surface area contributed by atoms with Crippen LogP contribution in [0.2, 0.25) is 0 Å². The lowest BCUT2D eigenvalue weighted by atomic mass is 10.1. The summed E-state index contributed by atoms with van der Waals surface area (Å²) >= 11 is 1.82. The number of rotatable bonds is 0. The monoisotopic (exact) mass is 274 g/mol. The molecule has 0 unspecified atom stereocenters. The fraction of sp³-hybridized carbons (Fsp3) is 0. The van der Waals surface area contributed by atoms with Gasteiger partial charge in [-0.05, 0) is 29.0 Å². The van der Waals surface area contributed by atoms with Gasteiger partial charge in [0.1, 0.15) is 5.58 Å². The molecule has 0 atom stereocenters. The molecule has 0 saturated carbocycles. The van der Waals surface area contributed by atoms with Crippen molar-refractivity contribution in [1.29, 1.82) is 0 Å². The van der Waals surface area contributed by atoms with Gasteiger partial charge in [0.25, 0.3) is 0 Å². The molecule has 0 spiro atoms. The Morgan fingerprint density at radius 3 is 2.50 bits per heavy atom. The summed E-state index contributed by atoms with van der Waals surface area (Å²) in [6.07, 6.45) is 0. The molecule has 2 aromatic heterocycles. The van der Waals surface area contributed by atoms with Gasteiger partial charge >= 0.3 is 0 Å². The molecular formula is C18H10OS. The molecule has 0 radical (unpaired) electrons. The zero-order valence-corrected chi connectivity index (χ0v) is 11.4. The smallest absolute Gasteiger partial charge is 0.154 e. The van der Waals surface area contributed by atoms with Crippen molar-refractivity contribution in [1.82, 2.24) is 0 Å². The van der Waals surface area contributed by atoms with Crippen LogP contribution in [0.5, 0.6) is 0 Å². The molecule has 0 bridgehead atoms. The Bertz CT molecular complexity index is 1100. The molecule has 5 rings (SSSR count). The topological polar surface area (TPSA) is 13.1 Å². The van der Waals surface area contributed by atoms with Crippen molar-refractivity contribution in [2.75, 3.05) is 0 Å². The highest BCUT2D eigenvalue weighted by molar-refractivity contribution is 7.26. The van der Waals surface area contributed by atoms with E-state index in [4.69, 9.17) is 4.42 Å². The van der Waals surface area contributed by atoms with Gasteiger partial charge in [0.05, 0.1) is 4.70 Å². The third-order valence-electron chi connectivity index (χ3n) is 3.88. The number of furan rings is 1. The molecule has 0 amide bonds. The van der Waals surface area contributed by atoms with Crippen molar-refractivity contribution in [3.05, 3.63) is 60.7 Å². The predicted octanol–water partition coefficient (Wildman–Crippen LogP) is 5.95. The second-order valence-electron chi connectivity index (χ2n) is 5.02. The molecule has 1 nitrogen and oxygen atoms in total. The maximum atomic E-state index is 6.12. The lowest BCUT2D eigenvalue weighted by molar-refractivity contribution is 0.673. The number of hydrogen-bond acceptors (Lipinski definition) is 2. The summed E-state index contributed by atoms with van der Waals surface area (Å²) in [5, 5.41) is 5.00. The Hall–Kier alpha value is -2.32. The first-order valence-corrected chi connectivity index (χ1v) is 7.45. The van der Waals surface area contributed by atoms with Crippen LogP contribution in [0.15, 0.2) is 65.1 Å². The first-order chi connectivity index (χ1) is 9.92. The van der Waals surface area contributed by atoms with Crippen LogP contribution in [-0.4, -0.2) is 0 Å². The quantitative estimate of drug-likeness (QED) is 0.340. The van der Waals surface area contributed by atoms with Gasteiger partial charge in [-0.3, -0.25) is 0 Å². The number of thiophene rings is 1. The standard InChI is InChI=1S/C18H10OS/c1-2-6-12-11(5-1)9-10-15-16(12)17-18(20-15)13-7-3-4-8-14(13)19-17/h1-10H. The van der Waals surface area contributed by atoms with Crippen LogP contribution in [0.3, 0.4) is 0 Å². The molecule has 20 heavy (non-hydrogen) atoms. The van der Waals surface area contributed by atoms with Gasteiger partial charge in [0, 0.05) is 15.5 Å². The molecule has 0 N–H and O–H groups in total. The van der Waals surface area contributed by atoms with Crippen LogP contribution in [0.4, 0.5) is 0 Å². The number of hydrogen-bond donors (Lipinski definition) is 0. The van der Waals surface area contributed by atoms with Crippen LogP contribution in [0.25, 0.3) is 42.1 Å². The van der Waals surface area contributed by atoms with Crippen LogP contribution in [0.1, 0.15) is 0 Å². The maximum absolute atomic E-state index is 6.12. The highest BCUT2D eigenvalue weighted by atomic mass is 32.1. The molecule has 3 aromatic carbocycles. The minimum absolute atomic E-state index is 0.976. The van der Waals surface area contributed by atoms with Crippen molar-refractivity contribution in [3.8, 4) is 0 Å². The Morgan fingerprint density at radius 2 is 1.55 bits per heavy atom. The van der Waals surface area contributed by atoms with E-state index < -0.39 is 0 Å². The van der Waals surface area contributed by atoms with E-state index in [1.165, 1.54) is 30.9 Å². The second-order valence-corrected chi connectivity index (χ2v) is 6.07. The minimum Gasteiger partial charge on any atom is -0.454 e. The lowest BCUT2D eigenvalue weighted by Crippen LogP contribution is -1.72. The molecule has 0 aliphatic carbocycles. The SMILES string of the molecule is c1ccc2c(c1)ccc1sc3c4ccccc4oc3c12. The van der Waals surface area contributed by atoms with Gasteiger partial charge in [-0.15, -0.1) is 11.3 Å². The third-order valence-corrected chi connectivity index (χ3v) is 5.05. The molecule has 0 saturated heterocycles. The summed E-state index contributed by atoms with van der Waals surface area (Å²) < 4.78 is 8.68. The van der Waals surface area contributed by atoms with Crippen molar-refractivity contribution < 1.29 is 4.42 Å². The summed E-state index contributed by atoms with van der Waals surface area (Å²) in [7, 11) is 0. The summed E-state index contributed by atoms with van der Waals surface area (Å²) in [6, 6.07) is 21.2. The summed E-state index contributed by atoms with van der Waals surface area (Å²) in [4.78, 5) is 0. The van der Waals surface area contributed by atoms with Crippen molar-refractivity contribution in [2.24, 2.45) is 0 Å². The summed E-state index contributed by atoms with van der Waals surface area (Å²) in [6.45, 7) is 0. The van der Waals surface area contributed by atoms with E-state index in [0.717, 1.165) is 11.2 Å². The summed E-state index contributed by atoms with van der Waals surface area (Å²) in [5.41, 5.74) is 2.01. The number of para-hydroxylation sites is 1. The maximum Gasteiger partial charge on any atom is 0.154 e. The molecule has 5 aromatic rings. The van der Waals surface area contributed by atoms with Crippen molar-refractivity contribution in [3.63, 3.8) is 0 Å².